The van der Waals surface area contributed by atoms with Crippen molar-refractivity contribution in [3.63, 3.8) is 0 Å². The summed E-state index contributed by atoms with van der Waals surface area (Å²) in [5.41, 5.74) is 3.37. The van der Waals surface area contributed by atoms with Crippen LogP contribution in [0.1, 0.15) is 34.6 Å². The minimum absolute atomic E-state index is 0.194. The van der Waals surface area contributed by atoms with Crippen LogP contribution < -0.4 is 5.32 Å². The van der Waals surface area contributed by atoms with E-state index in [2.05, 4.69) is 26.3 Å². The summed E-state index contributed by atoms with van der Waals surface area (Å²) in [4.78, 5) is 12.5. The molecule has 0 spiro atoms. The molecule has 1 aromatic heterocycles. The fourth-order valence-electron chi connectivity index (χ4n) is 2.70. The summed E-state index contributed by atoms with van der Waals surface area (Å²) in [5, 5.41) is 7.86. The molecule has 1 N–H and O–H groups in total. The zero-order valence-electron chi connectivity index (χ0n) is 13.8. The van der Waals surface area contributed by atoms with Crippen LogP contribution in [0.4, 0.5) is 0 Å². The van der Waals surface area contributed by atoms with Crippen LogP contribution in [0.5, 0.6) is 0 Å². The molecule has 4 nitrogen and oxygen atoms in total. The molecule has 6 heteroatoms. The van der Waals surface area contributed by atoms with Gasteiger partial charge in [-0.2, -0.15) is 5.10 Å². The van der Waals surface area contributed by atoms with Crippen molar-refractivity contribution in [1.82, 2.24) is 15.1 Å². The van der Waals surface area contributed by atoms with Crippen molar-refractivity contribution in [1.29, 1.82) is 0 Å². The number of hydrogen-bond acceptors (Lipinski definition) is 2. The van der Waals surface area contributed by atoms with E-state index in [0.717, 1.165) is 21.4 Å². The highest BCUT2D eigenvalue weighted by molar-refractivity contribution is 9.10. The van der Waals surface area contributed by atoms with Crippen LogP contribution in [0.15, 0.2) is 59.2 Å². The van der Waals surface area contributed by atoms with Gasteiger partial charge in [-0.15, -0.1) is 0 Å². The third kappa shape index (κ3) is 3.78. The normalized spacial score (nSPS) is 12.0. The molecule has 0 aliphatic rings. The number of nitrogens with zero attached hydrogens (tertiary/aromatic N) is 2. The highest BCUT2D eigenvalue weighted by atomic mass is 79.9. The molecule has 1 unspecified atom stereocenters. The van der Waals surface area contributed by atoms with Gasteiger partial charge in [-0.3, -0.25) is 4.79 Å². The third-order valence-corrected chi connectivity index (χ3v) is 4.86. The molecule has 128 valence electrons. The molecule has 0 fully saturated rings. The lowest BCUT2D eigenvalue weighted by atomic mass is 10.1. The second-order valence-corrected chi connectivity index (χ2v) is 7.07. The van der Waals surface area contributed by atoms with Crippen LogP contribution in [-0.2, 0) is 0 Å². The summed E-state index contributed by atoms with van der Waals surface area (Å²) in [6.07, 6.45) is 1.79. The summed E-state index contributed by atoms with van der Waals surface area (Å²) >= 11 is 9.50. The highest BCUT2D eigenvalue weighted by Gasteiger charge is 2.18. The van der Waals surface area contributed by atoms with Gasteiger partial charge in [0.1, 0.15) is 0 Å². The van der Waals surface area contributed by atoms with E-state index in [4.69, 9.17) is 11.6 Å². The molecule has 0 saturated carbocycles. The first-order valence-corrected chi connectivity index (χ1v) is 9.00. The van der Waals surface area contributed by atoms with Gasteiger partial charge in [0.2, 0.25) is 0 Å². The second-order valence-electron chi connectivity index (χ2n) is 5.75. The first-order valence-electron chi connectivity index (χ1n) is 7.83. The fourth-order valence-corrected chi connectivity index (χ4v) is 3.26. The molecule has 1 atom stereocenters. The summed E-state index contributed by atoms with van der Waals surface area (Å²) in [5.74, 6) is -0.217. The number of hydrogen-bond donors (Lipinski definition) is 1. The lowest BCUT2D eigenvalue weighted by molar-refractivity contribution is 0.0940. The largest absolute Gasteiger partial charge is 0.345 e. The molecular formula is C19H17BrClN3O. The molecule has 3 aromatic rings. The Morgan fingerprint density at radius 1 is 1.24 bits per heavy atom. The number of nitrogens with one attached hydrogen (secondary N) is 1. The first-order chi connectivity index (χ1) is 12.0. The molecule has 1 heterocycles. The zero-order valence-corrected chi connectivity index (χ0v) is 16.2. The smallest absolute Gasteiger partial charge is 0.253 e. The number of rotatable bonds is 4. The number of halogens is 2. The number of carbonyl (C=O) groups is 1. The summed E-state index contributed by atoms with van der Waals surface area (Å²) in [6.45, 7) is 3.92. The molecule has 0 aliphatic heterocycles. The molecule has 0 bridgehead atoms. The van der Waals surface area contributed by atoms with Crippen molar-refractivity contribution in [3.05, 3.63) is 81.0 Å². The third-order valence-electron chi connectivity index (χ3n) is 4.04. The van der Waals surface area contributed by atoms with Crippen molar-refractivity contribution >= 4 is 33.4 Å². The Balaban J connectivity index is 1.82. The average molecular weight is 419 g/mol. The van der Waals surface area contributed by atoms with Gasteiger partial charge < -0.3 is 5.32 Å². The van der Waals surface area contributed by atoms with Crippen LogP contribution in [0.2, 0.25) is 5.02 Å². The number of aromatic nitrogens is 2. The van der Waals surface area contributed by atoms with Crippen molar-refractivity contribution in [3.8, 4) is 5.69 Å². The van der Waals surface area contributed by atoms with Crippen LogP contribution in [-0.4, -0.2) is 15.7 Å². The topological polar surface area (TPSA) is 46.9 Å². The predicted octanol–water partition coefficient (Wildman–Crippen LogP) is 5.09. The Hall–Kier alpha value is -2.11. The van der Waals surface area contributed by atoms with Gasteiger partial charge in [-0.1, -0.05) is 45.7 Å². The van der Waals surface area contributed by atoms with Crippen molar-refractivity contribution < 1.29 is 4.79 Å². The maximum atomic E-state index is 12.5. The van der Waals surface area contributed by atoms with Gasteiger partial charge in [0.25, 0.3) is 5.91 Å². The van der Waals surface area contributed by atoms with Gasteiger partial charge in [-0.25, -0.2) is 4.68 Å². The minimum atomic E-state index is -0.217. The van der Waals surface area contributed by atoms with E-state index in [1.807, 2.05) is 48.9 Å². The Kier molecular flexibility index (Phi) is 5.25. The molecule has 1 amide bonds. The number of carbonyl (C=O) groups excluding carboxylic acids is 1. The van der Waals surface area contributed by atoms with Crippen LogP contribution in [0.25, 0.3) is 5.69 Å². The van der Waals surface area contributed by atoms with E-state index in [1.54, 1.807) is 24.4 Å². The number of benzene rings is 2. The Morgan fingerprint density at radius 3 is 2.68 bits per heavy atom. The van der Waals surface area contributed by atoms with Crippen molar-refractivity contribution in [2.24, 2.45) is 0 Å². The van der Waals surface area contributed by atoms with Gasteiger partial charge in [-0.05, 0) is 44.2 Å². The van der Waals surface area contributed by atoms with E-state index in [9.17, 15) is 4.79 Å². The lowest BCUT2D eigenvalue weighted by Crippen LogP contribution is -2.27. The molecule has 3 rings (SSSR count). The summed E-state index contributed by atoms with van der Waals surface area (Å²) in [7, 11) is 0. The van der Waals surface area contributed by atoms with Crippen LogP contribution in [0, 0.1) is 6.92 Å². The standard InChI is InChI=1S/C19H17BrClN3O/c1-12(23-19(25)16-10-14(20)8-9-18(16)21)17-11-22-24(13(17)2)15-6-4-3-5-7-15/h3-12H,1-2H3,(H,23,25). The van der Waals surface area contributed by atoms with E-state index in [0.29, 0.717) is 10.6 Å². The summed E-state index contributed by atoms with van der Waals surface area (Å²) < 4.78 is 2.67. The maximum absolute atomic E-state index is 12.5. The van der Waals surface area contributed by atoms with E-state index < -0.39 is 0 Å². The molecule has 2 aromatic carbocycles. The SMILES string of the molecule is Cc1c(C(C)NC(=O)c2cc(Br)ccc2Cl)cnn1-c1ccccc1. The van der Waals surface area contributed by atoms with E-state index in [-0.39, 0.29) is 11.9 Å². The first kappa shape index (κ1) is 17.7. The Morgan fingerprint density at radius 2 is 1.96 bits per heavy atom. The Bertz CT molecular complexity index is 908. The van der Waals surface area contributed by atoms with Crippen LogP contribution in [0.3, 0.4) is 0 Å². The monoisotopic (exact) mass is 417 g/mol. The quantitative estimate of drug-likeness (QED) is 0.641. The molecule has 25 heavy (non-hydrogen) atoms. The van der Waals surface area contributed by atoms with Gasteiger partial charge >= 0.3 is 0 Å². The van der Waals surface area contributed by atoms with Gasteiger partial charge in [0.05, 0.1) is 28.5 Å². The van der Waals surface area contributed by atoms with Crippen molar-refractivity contribution in [2.45, 2.75) is 19.9 Å². The maximum Gasteiger partial charge on any atom is 0.253 e. The molecule has 0 aliphatic carbocycles. The Labute approximate surface area is 159 Å². The minimum Gasteiger partial charge on any atom is -0.345 e. The second kappa shape index (κ2) is 7.42. The lowest BCUT2D eigenvalue weighted by Gasteiger charge is -2.15. The predicted molar refractivity (Wildman–Crippen MR) is 103 cm³/mol. The fraction of sp³-hybridized carbons (Fsp3) is 0.158. The van der Waals surface area contributed by atoms with Gasteiger partial charge in [0.15, 0.2) is 0 Å². The van der Waals surface area contributed by atoms with Crippen LogP contribution >= 0.6 is 27.5 Å². The van der Waals surface area contributed by atoms with Gasteiger partial charge in [0, 0.05) is 15.7 Å². The average Bonchev–Trinajstić information content (AvgIpc) is 2.99. The molecular weight excluding hydrogens is 402 g/mol. The molecule has 0 radical (unpaired) electrons. The van der Waals surface area contributed by atoms with Crippen molar-refractivity contribution in [2.75, 3.05) is 0 Å². The molecule has 0 saturated heterocycles. The highest BCUT2D eigenvalue weighted by Crippen LogP contribution is 2.24. The number of para-hydroxylation sites is 1. The number of amides is 1. The zero-order chi connectivity index (χ0) is 18.0. The van der Waals surface area contributed by atoms with E-state index >= 15 is 0 Å². The summed E-state index contributed by atoms with van der Waals surface area (Å²) in [6, 6.07) is 14.9. The van der Waals surface area contributed by atoms with E-state index in [1.165, 1.54) is 0 Å².